The van der Waals surface area contributed by atoms with Crippen molar-refractivity contribution in [3.63, 3.8) is 0 Å². The van der Waals surface area contributed by atoms with E-state index in [0.717, 1.165) is 28.3 Å². The van der Waals surface area contributed by atoms with Crippen molar-refractivity contribution >= 4 is 15.7 Å². The number of anilines is 1. The highest BCUT2D eigenvalue weighted by molar-refractivity contribution is 7.89. The van der Waals surface area contributed by atoms with Gasteiger partial charge in [-0.2, -0.15) is 4.31 Å². The molecule has 1 fully saturated rings. The maximum Gasteiger partial charge on any atom is 0.243 e. The van der Waals surface area contributed by atoms with Gasteiger partial charge >= 0.3 is 0 Å². The van der Waals surface area contributed by atoms with Crippen molar-refractivity contribution in [2.45, 2.75) is 18.7 Å². The standard InChI is InChI=1S/C19H22N2O4S/c1-14-3-6-19(15(2)11-14)26(22,23)21-9-7-20(8-10-21)16-4-5-17-18(12-16)25-13-24-17/h3-6,11-12H,7-10,13H2,1-2H3. The highest BCUT2D eigenvalue weighted by Crippen LogP contribution is 2.36. The first-order valence-electron chi connectivity index (χ1n) is 8.67. The minimum Gasteiger partial charge on any atom is -0.454 e. The molecule has 2 aromatic rings. The number of hydrogen-bond acceptors (Lipinski definition) is 5. The highest BCUT2D eigenvalue weighted by atomic mass is 32.2. The molecule has 7 heteroatoms. The normalized spacial score (nSPS) is 17.5. The highest BCUT2D eigenvalue weighted by Gasteiger charge is 2.30. The lowest BCUT2D eigenvalue weighted by Crippen LogP contribution is -2.48. The molecule has 6 nitrogen and oxygen atoms in total. The predicted octanol–water partition coefficient (Wildman–Crippen LogP) is 2.54. The zero-order chi connectivity index (χ0) is 18.3. The number of sulfonamides is 1. The van der Waals surface area contributed by atoms with Crippen LogP contribution in [0, 0.1) is 13.8 Å². The van der Waals surface area contributed by atoms with Crippen LogP contribution in [0.5, 0.6) is 11.5 Å². The molecule has 138 valence electrons. The molecule has 0 aromatic heterocycles. The van der Waals surface area contributed by atoms with Crippen LogP contribution in [0.1, 0.15) is 11.1 Å². The fraction of sp³-hybridized carbons (Fsp3) is 0.368. The largest absolute Gasteiger partial charge is 0.454 e. The molecule has 0 aliphatic carbocycles. The molecule has 2 heterocycles. The van der Waals surface area contributed by atoms with E-state index in [-0.39, 0.29) is 6.79 Å². The quantitative estimate of drug-likeness (QED) is 0.826. The summed E-state index contributed by atoms with van der Waals surface area (Å²) < 4.78 is 38.3. The van der Waals surface area contributed by atoms with E-state index in [0.29, 0.717) is 31.1 Å². The minimum absolute atomic E-state index is 0.251. The summed E-state index contributed by atoms with van der Waals surface area (Å²) in [6.07, 6.45) is 0. The number of fused-ring (bicyclic) bond motifs is 1. The molecule has 0 radical (unpaired) electrons. The second kappa shape index (κ2) is 6.48. The average molecular weight is 374 g/mol. The molecule has 0 bridgehead atoms. The number of ether oxygens (including phenoxy) is 2. The molecule has 0 unspecified atom stereocenters. The number of aryl methyl sites for hydroxylation is 2. The lowest BCUT2D eigenvalue weighted by molar-refractivity contribution is 0.174. The van der Waals surface area contributed by atoms with E-state index >= 15 is 0 Å². The van der Waals surface area contributed by atoms with Crippen molar-refractivity contribution in [3.8, 4) is 11.5 Å². The van der Waals surface area contributed by atoms with Gasteiger partial charge in [0.25, 0.3) is 0 Å². The van der Waals surface area contributed by atoms with Crippen molar-refractivity contribution < 1.29 is 17.9 Å². The molecule has 0 N–H and O–H groups in total. The minimum atomic E-state index is -3.46. The molecule has 2 aromatic carbocycles. The van der Waals surface area contributed by atoms with Crippen molar-refractivity contribution in [2.75, 3.05) is 37.9 Å². The predicted molar refractivity (Wildman–Crippen MR) is 99.5 cm³/mol. The summed E-state index contributed by atoms with van der Waals surface area (Å²) >= 11 is 0. The molecule has 26 heavy (non-hydrogen) atoms. The van der Waals surface area contributed by atoms with Crippen LogP contribution in [0.15, 0.2) is 41.3 Å². The Kier molecular flexibility index (Phi) is 4.28. The lowest BCUT2D eigenvalue weighted by atomic mass is 10.2. The topological polar surface area (TPSA) is 59.1 Å². The summed E-state index contributed by atoms with van der Waals surface area (Å²) in [5.41, 5.74) is 2.88. The molecule has 0 saturated carbocycles. The molecule has 4 rings (SSSR count). The summed E-state index contributed by atoms with van der Waals surface area (Å²) in [6, 6.07) is 11.3. The maximum atomic E-state index is 13.0. The lowest BCUT2D eigenvalue weighted by Gasteiger charge is -2.35. The third-order valence-corrected chi connectivity index (χ3v) is 6.97. The van der Waals surface area contributed by atoms with Gasteiger partial charge in [0.05, 0.1) is 4.90 Å². The molecule has 0 amide bonds. The third kappa shape index (κ3) is 3.01. The van der Waals surface area contributed by atoms with Crippen LogP contribution in [0.25, 0.3) is 0 Å². The summed E-state index contributed by atoms with van der Waals surface area (Å²) in [5.74, 6) is 1.50. The Bertz CT molecular complexity index is 935. The van der Waals surface area contributed by atoms with E-state index in [2.05, 4.69) is 4.90 Å². The number of piperazine rings is 1. The van der Waals surface area contributed by atoms with E-state index < -0.39 is 10.0 Å². The summed E-state index contributed by atoms with van der Waals surface area (Å²) in [6.45, 7) is 6.28. The third-order valence-electron chi connectivity index (χ3n) is 4.91. The van der Waals surface area contributed by atoms with Crippen molar-refractivity contribution in [2.24, 2.45) is 0 Å². The molecule has 2 aliphatic heterocycles. The molecule has 0 atom stereocenters. The van der Waals surface area contributed by atoms with Gasteiger partial charge in [0.1, 0.15) is 0 Å². The number of nitrogens with zero attached hydrogens (tertiary/aromatic N) is 2. The van der Waals surface area contributed by atoms with Crippen molar-refractivity contribution in [1.82, 2.24) is 4.31 Å². The molecule has 2 aliphatic rings. The van der Waals surface area contributed by atoms with Crippen LogP contribution in [0.4, 0.5) is 5.69 Å². The van der Waals surface area contributed by atoms with Gasteiger partial charge in [0.2, 0.25) is 16.8 Å². The Balaban J connectivity index is 1.49. The van der Waals surface area contributed by atoms with E-state index in [9.17, 15) is 8.42 Å². The summed E-state index contributed by atoms with van der Waals surface area (Å²) in [5, 5.41) is 0. The van der Waals surface area contributed by atoms with Crippen LogP contribution in [0.3, 0.4) is 0 Å². The number of rotatable bonds is 3. The van der Waals surface area contributed by atoms with E-state index in [4.69, 9.17) is 9.47 Å². The number of benzene rings is 2. The van der Waals surface area contributed by atoms with Crippen LogP contribution in [-0.4, -0.2) is 45.7 Å². The Morgan fingerprint density at radius 2 is 1.62 bits per heavy atom. The fourth-order valence-electron chi connectivity index (χ4n) is 3.50. The van der Waals surface area contributed by atoms with Gasteiger partial charge < -0.3 is 14.4 Å². The van der Waals surface area contributed by atoms with E-state index in [1.165, 1.54) is 0 Å². The van der Waals surface area contributed by atoms with Gasteiger partial charge in [-0.05, 0) is 37.6 Å². The van der Waals surface area contributed by atoms with Gasteiger partial charge in [0.15, 0.2) is 11.5 Å². The Morgan fingerprint density at radius 3 is 2.35 bits per heavy atom. The Labute approximate surface area is 154 Å². The van der Waals surface area contributed by atoms with Crippen LogP contribution in [0.2, 0.25) is 0 Å². The SMILES string of the molecule is Cc1ccc(S(=O)(=O)N2CCN(c3ccc4c(c3)OCO4)CC2)c(C)c1. The monoisotopic (exact) mass is 374 g/mol. The molecular formula is C19H22N2O4S. The van der Waals surface area contributed by atoms with Crippen LogP contribution in [-0.2, 0) is 10.0 Å². The zero-order valence-electron chi connectivity index (χ0n) is 14.9. The second-order valence-corrected chi connectivity index (χ2v) is 8.60. The van der Waals surface area contributed by atoms with E-state index in [1.54, 1.807) is 10.4 Å². The summed E-state index contributed by atoms with van der Waals surface area (Å²) in [7, 11) is -3.46. The molecular weight excluding hydrogens is 352 g/mol. The fourth-order valence-corrected chi connectivity index (χ4v) is 5.12. The second-order valence-electron chi connectivity index (χ2n) is 6.70. The molecule has 1 saturated heterocycles. The van der Waals surface area contributed by atoms with Crippen LogP contribution >= 0.6 is 0 Å². The smallest absolute Gasteiger partial charge is 0.243 e. The Hall–Kier alpha value is -2.25. The maximum absolute atomic E-state index is 13.0. The first-order valence-corrected chi connectivity index (χ1v) is 10.1. The van der Waals surface area contributed by atoms with Crippen molar-refractivity contribution in [3.05, 3.63) is 47.5 Å². The average Bonchev–Trinajstić information content (AvgIpc) is 3.09. The van der Waals surface area contributed by atoms with Gasteiger partial charge in [0, 0.05) is 37.9 Å². The van der Waals surface area contributed by atoms with Gasteiger partial charge in [-0.25, -0.2) is 8.42 Å². The first kappa shape index (κ1) is 17.2. The number of hydrogen-bond donors (Lipinski definition) is 0. The van der Waals surface area contributed by atoms with Crippen LogP contribution < -0.4 is 14.4 Å². The Morgan fingerprint density at radius 1 is 0.885 bits per heavy atom. The van der Waals surface area contributed by atoms with Gasteiger partial charge in [-0.1, -0.05) is 17.7 Å². The molecule has 0 spiro atoms. The van der Waals surface area contributed by atoms with Gasteiger partial charge in [-0.3, -0.25) is 0 Å². The first-order chi connectivity index (χ1) is 12.4. The summed E-state index contributed by atoms with van der Waals surface area (Å²) in [4.78, 5) is 2.58. The zero-order valence-corrected chi connectivity index (χ0v) is 15.8. The van der Waals surface area contributed by atoms with E-state index in [1.807, 2.05) is 44.2 Å². The van der Waals surface area contributed by atoms with Gasteiger partial charge in [-0.15, -0.1) is 0 Å². The van der Waals surface area contributed by atoms with Crippen molar-refractivity contribution in [1.29, 1.82) is 0 Å².